The number of hydrogen-bond donors (Lipinski definition) is 1. The zero-order chi connectivity index (χ0) is 12.3. The van der Waals surface area contributed by atoms with Crippen LogP contribution < -0.4 is 5.32 Å². The van der Waals surface area contributed by atoms with E-state index in [9.17, 15) is 0 Å². The SMILES string of the molecule is CCCNc1ncc(C)c(-n2cc(Br)cn2)n1. The number of nitrogens with zero attached hydrogens (tertiary/aromatic N) is 4. The molecule has 2 aromatic heterocycles. The first-order valence-corrected chi connectivity index (χ1v) is 6.28. The summed E-state index contributed by atoms with van der Waals surface area (Å²) >= 11 is 3.37. The molecule has 2 heterocycles. The van der Waals surface area contributed by atoms with Gasteiger partial charge in [0.15, 0.2) is 5.82 Å². The molecule has 0 saturated carbocycles. The van der Waals surface area contributed by atoms with E-state index in [1.165, 1.54) is 0 Å². The van der Waals surface area contributed by atoms with E-state index in [-0.39, 0.29) is 0 Å². The van der Waals surface area contributed by atoms with Gasteiger partial charge in [-0.05, 0) is 29.3 Å². The Hall–Kier alpha value is -1.43. The number of hydrogen-bond acceptors (Lipinski definition) is 4. The van der Waals surface area contributed by atoms with Crippen molar-refractivity contribution in [3.63, 3.8) is 0 Å². The average Bonchev–Trinajstić information content (AvgIpc) is 2.75. The molecule has 0 fully saturated rings. The quantitative estimate of drug-likeness (QED) is 0.942. The number of anilines is 1. The van der Waals surface area contributed by atoms with Crippen molar-refractivity contribution >= 4 is 21.9 Å². The van der Waals surface area contributed by atoms with Gasteiger partial charge in [-0.25, -0.2) is 9.67 Å². The fourth-order valence-corrected chi connectivity index (χ4v) is 1.69. The molecule has 90 valence electrons. The largest absolute Gasteiger partial charge is 0.354 e. The molecule has 5 nitrogen and oxygen atoms in total. The topological polar surface area (TPSA) is 55.6 Å². The highest BCUT2D eigenvalue weighted by molar-refractivity contribution is 9.10. The van der Waals surface area contributed by atoms with Gasteiger partial charge in [0, 0.05) is 24.5 Å². The smallest absolute Gasteiger partial charge is 0.224 e. The van der Waals surface area contributed by atoms with Gasteiger partial charge in [0.05, 0.1) is 10.7 Å². The summed E-state index contributed by atoms with van der Waals surface area (Å²) in [7, 11) is 0. The zero-order valence-corrected chi connectivity index (χ0v) is 11.4. The maximum Gasteiger partial charge on any atom is 0.224 e. The van der Waals surface area contributed by atoms with Gasteiger partial charge < -0.3 is 5.32 Å². The van der Waals surface area contributed by atoms with E-state index in [0.29, 0.717) is 5.95 Å². The second kappa shape index (κ2) is 5.27. The van der Waals surface area contributed by atoms with Gasteiger partial charge in [-0.1, -0.05) is 6.92 Å². The number of aryl methyl sites for hydroxylation is 1. The van der Waals surface area contributed by atoms with Crippen LogP contribution in [0.3, 0.4) is 0 Å². The second-order valence-corrected chi connectivity index (χ2v) is 4.65. The average molecular weight is 296 g/mol. The molecule has 0 spiro atoms. The van der Waals surface area contributed by atoms with Crippen molar-refractivity contribution in [2.45, 2.75) is 20.3 Å². The Labute approximate surface area is 108 Å². The fraction of sp³-hybridized carbons (Fsp3) is 0.364. The molecular weight excluding hydrogens is 282 g/mol. The third kappa shape index (κ3) is 2.82. The molecule has 0 aromatic carbocycles. The lowest BCUT2D eigenvalue weighted by molar-refractivity contribution is 0.826. The minimum absolute atomic E-state index is 0.638. The van der Waals surface area contributed by atoms with Crippen molar-refractivity contribution in [3.8, 4) is 5.82 Å². The molecule has 2 aromatic rings. The van der Waals surface area contributed by atoms with Crippen molar-refractivity contribution in [1.29, 1.82) is 0 Å². The van der Waals surface area contributed by atoms with Crippen LogP contribution >= 0.6 is 15.9 Å². The van der Waals surface area contributed by atoms with Crippen LogP contribution in [-0.2, 0) is 0 Å². The minimum atomic E-state index is 0.638. The summed E-state index contributed by atoms with van der Waals surface area (Å²) in [5, 5.41) is 7.38. The van der Waals surface area contributed by atoms with Gasteiger partial charge in [-0.15, -0.1) is 0 Å². The van der Waals surface area contributed by atoms with Crippen LogP contribution in [-0.4, -0.2) is 26.3 Å². The maximum atomic E-state index is 4.45. The molecule has 0 unspecified atom stereocenters. The molecule has 0 radical (unpaired) electrons. The van der Waals surface area contributed by atoms with Gasteiger partial charge >= 0.3 is 0 Å². The lowest BCUT2D eigenvalue weighted by atomic mass is 10.3. The molecular formula is C11H14BrN5. The van der Waals surface area contributed by atoms with Crippen molar-refractivity contribution < 1.29 is 0 Å². The fourth-order valence-electron chi connectivity index (χ4n) is 1.40. The first-order chi connectivity index (χ1) is 8.20. The van der Waals surface area contributed by atoms with Crippen LogP contribution in [0.2, 0.25) is 0 Å². The zero-order valence-electron chi connectivity index (χ0n) is 9.81. The molecule has 0 amide bonds. The lowest BCUT2D eigenvalue weighted by Crippen LogP contribution is -2.08. The van der Waals surface area contributed by atoms with Gasteiger partial charge in [0.25, 0.3) is 0 Å². The molecule has 17 heavy (non-hydrogen) atoms. The Balaban J connectivity index is 2.32. The van der Waals surface area contributed by atoms with Crippen molar-refractivity contribution in [1.82, 2.24) is 19.7 Å². The van der Waals surface area contributed by atoms with E-state index in [2.05, 4.69) is 43.2 Å². The Morgan fingerprint density at radius 1 is 1.41 bits per heavy atom. The molecule has 0 saturated heterocycles. The highest BCUT2D eigenvalue weighted by atomic mass is 79.9. The summed E-state index contributed by atoms with van der Waals surface area (Å²) < 4.78 is 2.66. The summed E-state index contributed by atoms with van der Waals surface area (Å²) in [6, 6.07) is 0. The molecule has 2 rings (SSSR count). The van der Waals surface area contributed by atoms with Crippen LogP contribution in [0, 0.1) is 6.92 Å². The second-order valence-electron chi connectivity index (χ2n) is 3.73. The van der Waals surface area contributed by atoms with Crippen LogP contribution in [0.25, 0.3) is 5.82 Å². The number of nitrogens with one attached hydrogen (secondary N) is 1. The van der Waals surface area contributed by atoms with Gasteiger partial charge in [0.2, 0.25) is 5.95 Å². The van der Waals surface area contributed by atoms with E-state index in [1.54, 1.807) is 17.1 Å². The maximum absolute atomic E-state index is 4.45. The predicted octanol–water partition coefficient (Wildman–Crippen LogP) is 2.56. The predicted molar refractivity (Wildman–Crippen MR) is 70.4 cm³/mol. The first-order valence-electron chi connectivity index (χ1n) is 5.48. The Morgan fingerprint density at radius 2 is 2.24 bits per heavy atom. The van der Waals surface area contributed by atoms with E-state index in [0.717, 1.165) is 28.8 Å². The summed E-state index contributed by atoms with van der Waals surface area (Å²) in [6.07, 6.45) is 6.45. The molecule has 0 aliphatic heterocycles. The van der Waals surface area contributed by atoms with Crippen LogP contribution in [0.5, 0.6) is 0 Å². The first kappa shape index (κ1) is 12.0. The van der Waals surface area contributed by atoms with Gasteiger partial charge in [-0.2, -0.15) is 10.1 Å². The van der Waals surface area contributed by atoms with Crippen LogP contribution in [0.4, 0.5) is 5.95 Å². The number of aromatic nitrogens is 4. The summed E-state index contributed by atoms with van der Waals surface area (Å²) in [6.45, 7) is 4.94. The Morgan fingerprint density at radius 3 is 2.88 bits per heavy atom. The lowest BCUT2D eigenvalue weighted by Gasteiger charge is -2.07. The molecule has 1 N–H and O–H groups in total. The van der Waals surface area contributed by atoms with E-state index >= 15 is 0 Å². The summed E-state index contributed by atoms with van der Waals surface area (Å²) in [4.78, 5) is 8.68. The minimum Gasteiger partial charge on any atom is -0.354 e. The standard InChI is InChI=1S/C11H14BrN5/c1-3-4-13-11-14-5-8(2)10(16-11)17-7-9(12)6-15-17/h5-7H,3-4H2,1-2H3,(H,13,14,16). The van der Waals surface area contributed by atoms with E-state index < -0.39 is 0 Å². The van der Waals surface area contributed by atoms with Crippen molar-refractivity contribution in [2.75, 3.05) is 11.9 Å². The van der Waals surface area contributed by atoms with E-state index in [4.69, 9.17) is 0 Å². The monoisotopic (exact) mass is 295 g/mol. The molecule has 0 aliphatic rings. The summed E-state index contributed by atoms with van der Waals surface area (Å²) in [5.41, 5.74) is 0.989. The van der Waals surface area contributed by atoms with Gasteiger partial charge in [-0.3, -0.25) is 0 Å². The third-order valence-corrected chi connectivity index (χ3v) is 2.66. The number of rotatable bonds is 4. The normalized spacial score (nSPS) is 10.5. The van der Waals surface area contributed by atoms with Crippen LogP contribution in [0.15, 0.2) is 23.1 Å². The highest BCUT2D eigenvalue weighted by Gasteiger charge is 2.06. The Bertz CT molecular complexity index is 508. The molecule has 0 atom stereocenters. The van der Waals surface area contributed by atoms with Gasteiger partial charge in [0.1, 0.15) is 0 Å². The van der Waals surface area contributed by atoms with Crippen molar-refractivity contribution in [3.05, 3.63) is 28.6 Å². The third-order valence-electron chi connectivity index (χ3n) is 2.25. The van der Waals surface area contributed by atoms with Crippen LogP contribution in [0.1, 0.15) is 18.9 Å². The van der Waals surface area contributed by atoms with E-state index in [1.807, 2.05) is 13.1 Å². The van der Waals surface area contributed by atoms with Crippen molar-refractivity contribution in [2.24, 2.45) is 0 Å². The molecule has 0 aliphatic carbocycles. The highest BCUT2D eigenvalue weighted by Crippen LogP contribution is 2.14. The molecule has 6 heteroatoms. The number of halogens is 1. The summed E-state index contributed by atoms with van der Waals surface area (Å²) in [5.74, 6) is 1.43. The molecule has 0 bridgehead atoms. The Kier molecular flexibility index (Phi) is 3.73.